The number of aliphatic imine (C=N–C) groups is 1. The van der Waals surface area contributed by atoms with E-state index in [-0.39, 0.29) is 12.1 Å². The smallest absolute Gasteiger partial charge is 0.344 e. The Bertz CT molecular complexity index is 409. The fourth-order valence-electron chi connectivity index (χ4n) is 1.02. The number of nitrogens with zero attached hydrogens (tertiary/aromatic N) is 1. The van der Waals surface area contributed by atoms with Gasteiger partial charge in [-0.1, -0.05) is 6.07 Å². The Balaban J connectivity index is 2.68. The number of guanidine groups is 1. The molecule has 0 aromatic heterocycles. The first-order chi connectivity index (χ1) is 7.50. The van der Waals surface area contributed by atoms with Crippen molar-refractivity contribution in [3.05, 3.63) is 35.4 Å². The van der Waals surface area contributed by atoms with Crippen LogP contribution in [0.15, 0.2) is 23.2 Å². The monoisotopic (exact) mass is 228 g/mol. The quantitative estimate of drug-likeness (QED) is 0.506. The zero-order valence-electron chi connectivity index (χ0n) is 8.21. The van der Waals surface area contributed by atoms with Crippen LogP contribution in [0.4, 0.5) is 13.6 Å². The van der Waals surface area contributed by atoms with Crippen LogP contribution in [0.1, 0.15) is 5.56 Å². The van der Waals surface area contributed by atoms with Gasteiger partial charge in [0.2, 0.25) is 0 Å². The number of halogens is 2. The van der Waals surface area contributed by atoms with Crippen molar-refractivity contribution in [1.29, 1.82) is 0 Å². The molecule has 5 nitrogen and oxygen atoms in total. The number of urea groups is 1. The summed E-state index contributed by atoms with van der Waals surface area (Å²) in [6, 6.07) is 2.55. The summed E-state index contributed by atoms with van der Waals surface area (Å²) in [5, 5.41) is 2.15. The molecule has 0 heterocycles. The molecule has 0 unspecified atom stereocenters. The molecule has 0 bridgehead atoms. The third kappa shape index (κ3) is 3.19. The van der Waals surface area contributed by atoms with E-state index in [4.69, 9.17) is 11.5 Å². The van der Waals surface area contributed by atoms with Crippen molar-refractivity contribution in [2.45, 2.75) is 6.54 Å². The zero-order valence-corrected chi connectivity index (χ0v) is 8.21. The van der Waals surface area contributed by atoms with Crippen molar-refractivity contribution in [2.75, 3.05) is 0 Å². The van der Waals surface area contributed by atoms with Crippen LogP contribution in [0.2, 0.25) is 0 Å². The Morgan fingerprint density at radius 2 is 1.88 bits per heavy atom. The summed E-state index contributed by atoms with van der Waals surface area (Å²) in [4.78, 5) is 14.1. The molecular weight excluding hydrogens is 218 g/mol. The summed E-state index contributed by atoms with van der Waals surface area (Å²) in [5.41, 5.74) is 9.63. The predicted octanol–water partition coefficient (Wildman–Crippen LogP) is 0.448. The molecule has 0 fully saturated rings. The lowest BCUT2D eigenvalue weighted by atomic mass is 10.2. The van der Waals surface area contributed by atoms with E-state index in [1.54, 1.807) is 0 Å². The second-order valence-corrected chi connectivity index (χ2v) is 2.90. The molecular formula is C9H10F2N4O. The number of amides is 2. The van der Waals surface area contributed by atoms with Gasteiger partial charge in [-0.05, 0) is 12.1 Å². The van der Waals surface area contributed by atoms with E-state index in [9.17, 15) is 13.6 Å². The molecule has 0 radical (unpaired) electrons. The lowest BCUT2D eigenvalue weighted by Gasteiger charge is -2.04. The normalized spacial score (nSPS) is 9.62. The topological polar surface area (TPSA) is 93.5 Å². The van der Waals surface area contributed by atoms with Gasteiger partial charge in [-0.3, -0.25) is 0 Å². The highest BCUT2D eigenvalue weighted by atomic mass is 19.1. The summed E-state index contributed by atoms with van der Waals surface area (Å²) in [6.07, 6.45) is 0. The van der Waals surface area contributed by atoms with Gasteiger partial charge in [-0.2, -0.15) is 4.99 Å². The predicted molar refractivity (Wildman–Crippen MR) is 54.4 cm³/mol. The third-order valence-corrected chi connectivity index (χ3v) is 1.71. The molecule has 0 aliphatic carbocycles. The molecule has 2 amide bonds. The Kier molecular flexibility index (Phi) is 3.76. The first-order valence-electron chi connectivity index (χ1n) is 4.31. The number of carbonyl (C=O) groups excluding carboxylic acids is 1. The van der Waals surface area contributed by atoms with Crippen molar-refractivity contribution in [1.82, 2.24) is 5.32 Å². The first kappa shape index (κ1) is 11.9. The van der Waals surface area contributed by atoms with Crippen LogP contribution < -0.4 is 16.8 Å². The zero-order chi connectivity index (χ0) is 12.1. The van der Waals surface area contributed by atoms with Crippen molar-refractivity contribution in [2.24, 2.45) is 16.5 Å². The number of benzene rings is 1. The number of hydrogen-bond acceptors (Lipinski definition) is 1. The number of hydrogen-bond donors (Lipinski definition) is 3. The molecule has 5 N–H and O–H groups in total. The Labute approximate surface area is 90.1 Å². The molecule has 0 atom stereocenters. The summed E-state index contributed by atoms with van der Waals surface area (Å²) in [6.45, 7) is -0.325. The second-order valence-electron chi connectivity index (χ2n) is 2.90. The van der Waals surface area contributed by atoms with Crippen LogP contribution in [0, 0.1) is 11.6 Å². The summed E-state index contributed by atoms with van der Waals surface area (Å²) in [5.74, 6) is -1.92. The second kappa shape index (κ2) is 5.06. The Morgan fingerprint density at radius 1 is 1.31 bits per heavy atom. The number of carbonyl (C=O) groups is 1. The number of nitrogens with two attached hydrogens (primary N) is 2. The van der Waals surface area contributed by atoms with E-state index in [1.165, 1.54) is 6.07 Å². The molecule has 0 saturated carbocycles. The minimum atomic E-state index is -0.859. The van der Waals surface area contributed by atoms with Gasteiger partial charge < -0.3 is 16.8 Å². The van der Waals surface area contributed by atoms with E-state index in [2.05, 4.69) is 10.3 Å². The molecule has 0 aliphatic heterocycles. The van der Waals surface area contributed by atoms with Gasteiger partial charge in [-0.15, -0.1) is 0 Å². The van der Waals surface area contributed by atoms with Crippen molar-refractivity contribution in [3.8, 4) is 0 Å². The molecule has 16 heavy (non-hydrogen) atoms. The Hall–Kier alpha value is -2.18. The fourth-order valence-corrected chi connectivity index (χ4v) is 1.02. The summed E-state index contributed by atoms with van der Waals surface area (Å²) < 4.78 is 26.2. The molecule has 0 saturated heterocycles. The van der Waals surface area contributed by atoms with Crippen LogP contribution in [0.5, 0.6) is 0 Å². The van der Waals surface area contributed by atoms with E-state index >= 15 is 0 Å². The molecule has 0 aliphatic rings. The first-order valence-corrected chi connectivity index (χ1v) is 4.31. The van der Waals surface area contributed by atoms with Gasteiger partial charge in [0.15, 0.2) is 5.96 Å². The maximum atomic E-state index is 13.1. The Morgan fingerprint density at radius 3 is 2.38 bits per heavy atom. The molecule has 86 valence electrons. The lowest BCUT2D eigenvalue weighted by Crippen LogP contribution is -2.28. The molecule has 0 spiro atoms. The highest BCUT2D eigenvalue weighted by Gasteiger charge is 2.09. The minimum Gasteiger partial charge on any atom is -0.370 e. The van der Waals surface area contributed by atoms with E-state index in [1.807, 2.05) is 0 Å². The van der Waals surface area contributed by atoms with E-state index in [0.29, 0.717) is 0 Å². The van der Waals surface area contributed by atoms with Crippen molar-refractivity contribution < 1.29 is 13.6 Å². The molecule has 7 heteroatoms. The van der Waals surface area contributed by atoms with Crippen LogP contribution >= 0.6 is 0 Å². The van der Waals surface area contributed by atoms with Crippen molar-refractivity contribution in [3.63, 3.8) is 0 Å². The minimum absolute atomic E-state index is 0.248. The van der Waals surface area contributed by atoms with Gasteiger partial charge in [0.05, 0.1) is 6.54 Å². The van der Waals surface area contributed by atoms with Crippen LogP contribution in [0.3, 0.4) is 0 Å². The number of rotatable bonds is 2. The highest BCUT2D eigenvalue weighted by Crippen LogP contribution is 2.11. The SMILES string of the molecule is NC(N)=NC(=O)NCc1c(F)cccc1F. The van der Waals surface area contributed by atoms with Gasteiger partial charge >= 0.3 is 6.03 Å². The summed E-state index contributed by atoms with van der Waals surface area (Å²) in [7, 11) is 0. The number of nitrogens with one attached hydrogen (secondary N) is 1. The maximum Gasteiger partial charge on any atom is 0.344 e. The molecule has 1 aromatic carbocycles. The standard InChI is InChI=1S/C9H10F2N4O/c10-6-2-1-3-7(11)5(6)4-14-9(16)15-8(12)13/h1-3H,4H2,(H5,12,13,14,15,16). The lowest BCUT2D eigenvalue weighted by molar-refractivity contribution is 0.248. The van der Waals surface area contributed by atoms with Gasteiger partial charge in [0, 0.05) is 5.56 Å². The highest BCUT2D eigenvalue weighted by molar-refractivity contribution is 5.90. The van der Waals surface area contributed by atoms with Crippen molar-refractivity contribution >= 4 is 12.0 Å². The third-order valence-electron chi connectivity index (χ3n) is 1.71. The molecule has 1 rings (SSSR count). The van der Waals surface area contributed by atoms with Gasteiger partial charge in [0.25, 0.3) is 0 Å². The van der Waals surface area contributed by atoms with Crippen LogP contribution in [-0.4, -0.2) is 12.0 Å². The van der Waals surface area contributed by atoms with Crippen LogP contribution in [-0.2, 0) is 6.54 Å². The molecule has 1 aromatic rings. The maximum absolute atomic E-state index is 13.1. The van der Waals surface area contributed by atoms with Gasteiger partial charge in [-0.25, -0.2) is 13.6 Å². The van der Waals surface area contributed by atoms with Crippen LogP contribution in [0.25, 0.3) is 0 Å². The fraction of sp³-hybridized carbons (Fsp3) is 0.111. The van der Waals surface area contributed by atoms with E-state index < -0.39 is 23.6 Å². The average Bonchev–Trinajstić information content (AvgIpc) is 2.15. The van der Waals surface area contributed by atoms with Gasteiger partial charge in [0.1, 0.15) is 11.6 Å². The largest absolute Gasteiger partial charge is 0.370 e. The average molecular weight is 228 g/mol. The van der Waals surface area contributed by atoms with E-state index in [0.717, 1.165) is 12.1 Å². The summed E-state index contributed by atoms with van der Waals surface area (Å²) >= 11 is 0.